The molecule has 1 amide bonds. The third-order valence-electron chi connectivity index (χ3n) is 4.78. The molecule has 1 rings (SSSR count). The van der Waals surface area contributed by atoms with Crippen LogP contribution in [0.4, 0.5) is 10.5 Å². The van der Waals surface area contributed by atoms with Crippen molar-refractivity contribution in [1.29, 1.82) is 0 Å². The predicted molar refractivity (Wildman–Crippen MR) is 128 cm³/mol. The fraction of sp³-hybridized carbons (Fsp3) is 0.522. The van der Waals surface area contributed by atoms with Crippen molar-refractivity contribution in [3.05, 3.63) is 46.5 Å². The number of ether oxygens (including phenoxy) is 5. The van der Waals surface area contributed by atoms with Crippen molar-refractivity contribution in [3.8, 4) is 5.75 Å². The molecule has 1 aromatic rings. The lowest BCUT2D eigenvalue weighted by atomic mass is 10.0. The van der Waals surface area contributed by atoms with E-state index in [4.69, 9.17) is 35.3 Å². The third kappa shape index (κ3) is 9.23. The van der Waals surface area contributed by atoms with Crippen LogP contribution in [0.2, 0.25) is 5.02 Å². The van der Waals surface area contributed by atoms with Crippen molar-refractivity contribution in [2.45, 2.75) is 38.4 Å². The molecule has 9 nitrogen and oxygen atoms in total. The van der Waals surface area contributed by atoms with Crippen LogP contribution in [-0.4, -0.2) is 71.4 Å². The highest BCUT2D eigenvalue weighted by Crippen LogP contribution is 2.34. The first kappa shape index (κ1) is 28.7. The van der Waals surface area contributed by atoms with E-state index in [9.17, 15) is 9.90 Å². The van der Waals surface area contributed by atoms with Gasteiger partial charge in [0.1, 0.15) is 23.5 Å². The van der Waals surface area contributed by atoms with Gasteiger partial charge in [-0.2, -0.15) is 0 Å². The van der Waals surface area contributed by atoms with Gasteiger partial charge in [0.25, 0.3) is 0 Å². The van der Waals surface area contributed by atoms with Crippen molar-refractivity contribution in [2.24, 2.45) is 0 Å². The van der Waals surface area contributed by atoms with Gasteiger partial charge < -0.3 is 34.1 Å². The fourth-order valence-electron chi connectivity index (χ4n) is 2.97. The largest absolute Gasteiger partial charge is 0.495 e. The summed E-state index contributed by atoms with van der Waals surface area (Å²) in [5.41, 5.74) is 1.13. The summed E-state index contributed by atoms with van der Waals surface area (Å²) in [6.45, 7) is 3.25. The molecule has 0 aliphatic carbocycles. The summed E-state index contributed by atoms with van der Waals surface area (Å²) in [7, 11) is 7.65. The number of hydrogen-bond acceptors (Lipinski definition) is 8. The number of aliphatic hydroxyl groups is 1. The Balaban J connectivity index is 2.80. The Kier molecular flexibility index (Phi) is 12.2. The number of methoxy groups -OCH3 is 4. The number of allylic oxidation sites excluding steroid dienone is 3. The number of rotatable bonds is 13. The average Bonchev–Trinajstić information content (AvgIpc) is 2.77. The second kappa shape index (κ2) is 14.1. The summed E-state index contributed by atoms with van der Waals surface area (Å²) in [6.07, 6.45) is 3.57. The first-order chi connectivity index (χ1) is 15.6. The highest BCUT2D eigenvalue weighted by molar-refractivity contribution is 6.34. The van der Waals surface area contributed by atoms with Crippen molar-refractivity contribution in [1.82, 2.24) is 5.32 Å². The van der Waals surface area contributed by atoms with Crippen LogP contribution in [0.1, 0.15) is 19.4 Å². The zero-order valence-corrected chi connectivity index (χ0v) is 21.0. The lowest BCUT2D eigenvalue weighted by molar-refractivity contribution is -0.131. The number of halogens is 1. The minimum absolute atomic E-state index is 0.130. The van der Waals surface area contributed by atoms with Crippen LogP contribution < -0.4 is 15.4 Å². The van der Waals surface area contributed by atoms with Crippen LogP contribution in [0.25, 0.3) is 0 Å². The van der Waals surface area contributed by atoms with Crippen molar-refractivity contribution >= 4 is 23.4 Å². The lowest BCUT2D eigenvalue weighted by Crippen LogP contribution is -2.54. The van der Waals surface area contributed by atoms with E-state index in [0.29, 0.717) is 17.2 Å². The predicted octanol–water partition coefficient (Wildman–Crippen LogP) is 3.50. The number of benzene rings is 1. The standard InChI is InChI=1S/C23H35ClN2O7/c1-15(11-16-12-17(25-3)21(24)18(13-16)29-4)9-8-10-19(30-5)23(2,28)26-22(27)33-14-20(31-6)32-7/h8-10,12-13,19-20,25,28H,11,14H2,1-7H3,(H,26,27)/b10-8+,15-9+/t19-,23+/m1/s1. The van der Waals surface area contributed by atoms with Gasteiger partial charge in [-0.3, -0.25) is 5.32 Å². The summed E-state index contributed by atoms with van der Waals surface area (Å²) in [5.74, 6) is 0.595. The van der Waals surface area contributed by atoms with Gasteiger partial charge in [0.15, 0.2) is 12.0 Å². The molecule has 0 heterocycles. The Labute approximate surface area is 200 Å². The molecule has 0 fully saturated rings. The number of carbonyl (C=O) groups is 1. The van der Waals surface area contributed by atoms with Gasteiger partial charge in [-0.15, -0.1) is 0 Å². The van der Waals surface area contributed by atoms with Crippen LogP contribution in [-0.2, 0) is 25.4 Å². The van der Waals surface area contributed by atoms with E-state index in [2.05, 4.69) is 10.6 Å². The van der Waals surface area contributed by atoms with Crippen molar-refractivity contribution < 1.29 is 33.6 Å². The first-order valence-electron chi connectivity index (χ1n) is 10.3. The van der Waals surface area contributed by atoms with Gasteiger partial charge >= 0.3 is 6.09 Å². The molecule has 2 atom stereocenters. The highest BCUT2D eigenvalue weighted by atomic mass is 35.5. The Bertz CT molecular complexity index is 798. The quantitative estimate of drug-likeness (QED) is 0.287. The van der Waals surface area contributed by atoms with E-state index in [0.717, 1.165) is 16.8 Å². The molecule has 186 valence electrons. The summed E-state index contributed by atoms with van der Waals surface area (Å²) in [6, 6.07) is 3.85. The molecule has 0 aromatic heterocycles. The highest BCUT2D eigenvalue weighted by Gasteiger charge is 2.32. The Hall–Kier alpha value is -2.30. The molecule has 0 aliphatic heterocycles. The normalized spacial score (nSPS) is 14.8. The molecule has 33 heavy (non-hydrogen) atoms. The summed E-state index contributed by atoms with van der Waals surface area (Å²) in [5, 5.41) is 16.6. The van der Waals surface area contributed by atoms with E-state index < -0.39 is 24.2 Å². The van der Waals surface area contributed by atoms with E-state index in [1.807, 2.05) is 25.1 Å². The van der Waals surface area contributed by atoms with Crippen LogP contribution in [0, 0.1) is 0 Å². The van der Waals surface area contributed by atoms with E-state index in [1.165, 1.54) is 28.3 Å². The Morgan fingerprint density at radius 1 is 1.21 bits per heavy atom. The molecule has 0 spiro atoms. The molecule has 10 heteroatoms. The molecule has 0 unspecified atom stereocenters. The Morgan fingerprint density at radius 2 is 1.88 bits per heavy atom. The summed E-state index contributed by atoms with van der Waals surface area (Å²) >= 11 is 6.28. The zero-order chi connectivity index (χ0) is 25.0. The topological polar surface area (TPSA) is 108 Å². The van der Waals surface area contributed by atoms with Crippen LogP contribution in [0.15, 0.2) is 35.9 Å². The Morgan fingerprint density at radius 3 is 2.42 bits per heavy atom. The molecular weight excluding hydrogens is 452 g/mol. The number of alkyl carbamates (subject to hydrolysis) is 1. The minimum Gasteiger partial charge on any atom is -0.495 e. The van der Waals surface area contributed by atoms with Crippen molar-refractivity contribution in [2.75, 3.05) is 47.4 Å². The number of amides is 1. The molecule has 0 aliphatic rings. The van der Waals surface area contributed by atoms with Gasteiger partial charge in [-0.1, -0.05) is 35.4 Å². The molecule has 0 bridgehead atoms. The molecule has 0 radical (unpaired) electrons. The molecule has 3 N–H and O–H groups in total. The molecule has 0 saturated heterocycles. The second-order valence-electron chi connectivity index (χ2n) is 7.41. The van der Waals surface area contributed by atoms with Gasteiger partial charge in [0.05, 0.1) is 12.8 Å². The summed E-state index contributed by atoms with van der Waals surface area (Å²) in [4.78, 5) is 12.0. The van der Waals surface area contributed by atoms with Crippen molar-refractivity contribution in [3.63, 3.8) is 0 Å². The average molecular weight is 487 g/mol. The maximum absolute atomic E-state index is 12.0. The number of anilines is 1. The fourth-order valence-corrected chi connectivity index (χ4v) is 3.26. The van der Waals surface area contributed by atoms with Crippen LogP contribution >= 0.6 is 11.6 Å². The molecular formula is C23H35ClN2O7. The van der Waals surface area contributed by atoms with E-state index in [-0.39, 0.29) is 6.61 Å². The molecule has 1 aromatic carbocycles. The number of hydrogen-bond donors (Lipinski definition) is 3. The van der Waals surface area contributed by atoms with Crippen LogP contribution in [0.5, 0.6) is 5.75 Å². The maximum Gasteiger partial charge on any atom is 0.409 e. The first-order valence-corrected chi connectivity index (χ1v) is 10.6. The van der Waals surface area contributed by atoms with E-state index in [1.54, 1.807) is 26.3 Å². The zero-order valence-electron chi connectivity index (χ0n) is 20.2. The maximum atomic E-state index is 12.0. The van der Waals surface area contributed by atoms with Gasteiger partial charge in [-0.25, -0.2) is 4.79 Å². The third-order valence-corrected chi connectivity index (χ3v) is 5.17. The number of carbonyl (C=O) groups excluding carboxylic acids is 1. The van der Waals surface area contributed by atoms with Gasteiger partial charge in [0.2, 0.25) is 0 Å². The summed E-state index contributed by atoms with van der Waals surface area (Å²) < 4.78 is 25.6. The van der Waals surface area contributed by atoms with Crippen LogP contribution in [0.3, 0.4) is 0 Å². The SMILES string of the molecule is CNc1cc(C/C(C)=C/C=C/[C@@H](OC)[C@](C)(O)NC(=O)OCC(OC)OC)cc(OC)c1Cl. The second-order valence-corrected chi connectivity index (χ2v) is 7.79. The smallest absolute Gasteiger partial charge is 0.409 e. The van der Waals surface area contributed by atoms with Gasteiger partial charge in [0, 0.05) is 28.4 Å². The number of nitrogens with one attached hydrogen (secondary N) is 2. The minimum atomic E-state index is -1.72. The molecule has 0 saturated carbocycles. The lowest BCUT2D eigenvalue weighted by Gasteiger charge is -2.30. The van der Waals surface area contributed by atoms with Gasteiger partial charge in [-0.05, 0) is 38.0 Å². The monoisotopic (exact) mass is 486 g/mol. The van der Waals surface area contributed by atoms with E-state index >= 15 is 0 Å².